The standard InChI is InChI=1S/C19H23N3O3/c1-3-14(17-16(5-1)23-9-10-24-17)11-22-8-2-4-15(12-22)18-20-19(25-21-18)13-6-7-13/h1,3,5,13,15H,2,4,6-12H2/t15-/m1/s1. The van der Waals surface area contributed by atoms with E-state index in [9.17, 15) is 0 Å². The predicted molar refractivity (Wildman–Crippen MR) is 91.0 cm³/mol. The molecule has 3 aliphatic rings. The summed E-state index contributed by atoms with van der Waals surface area (Å²) in [6.45, 7) is 4.18. The van der Waals surface area contributed by atoms with Gasteiger partial charge in [-0.05, 0) is 38.3 Å². The van der Waals surface area contributed by atoms with E-state index in [4.69, 9.17) is 14.0 Å². The summed E-state index contributed by atoms with van der Waals surface area (Å²) < 4.78 is 17.0. The van der Waals surface area contributed by atoms with Gasteiger partial charge in [-0.3, -0.25) is 4.90 Å². The second-order valence-corrected chi connectivity index (χ2v) is 7.28. The molecule has 1 atom stereocenters. The van der Waals surface area contributed by atoms with Gasteiger partial charge >= 0.3 is 0 Å². The minimum atomic E-state index is 0.363. The third kappa shape index (κ3) is 3.11. The van der Waals surface area contributed by atoms with E-state index < -0.39 is 0 Å². The number of rotatable bonds is 4. The molecule has 5 rings (SSSR count). The molecule has 0 bridgehead atoms. The molecule has 2 fully saturated rings. The number of aromatic nitrogens is 2. The highest BCUT2D eigenvalue weighted by Crippen LogP contribution is 2.40. The summed E-state index contributed by atoms with van der Waals surface area (Å²) >= 11 is 0. The molecule has 1 aliphatic carbocycles. The number of para-hydroxylation sites is 1. The van der Waals surface area contributed by atoms with Gasteiger partial charge in [0.1, 0.15) is 13.2 Å². The summed E-state index contributed by atoms with van der Waals surface area (Å²) in [7, 11) is 0. The first-order chi connectivity index (χ1) is 12.4. The Balaban J connectivity index is 1.29. The Bertz CT molecular complexity index is 756. The molecule has 0 N–H and O–H groups in total. The van der Waals surface area contributed by atoms with Gasteiger partial charge in [-0.15, -0.1) is 0 Å². The number of piperidine rings is 1. The maximum atomic E-state index is 5.85. The number of benzene rings is 1. The van der Waals surface area contributed by atoms with E-state index in [1.165, 1.54) is 18.4 Å². The smallest absolute Gasteiger partial charge is 0.229 e. The second-order valence-electron chi connectivity index (χ2n) is 7.28. The molecule has 0 spiro atoms. The van der Waals surface area contributed by atoms with Crippen LogP contribution in [0.4, 0.5) is 0 Å². The Morgan fingerprint density at radius 1 is 1.08 bits per heavy atom. The van der Waals surface area contributed by atoms with Crippen molar-refractivity contribution in [2.45, 2.75) is 44.1 Å². The molecular weight excluding hydrogens is 318 g/mol. The van der Waals surface area contributed by atoms with Crippen molar-refractivity contribution in [2.24, 2.45) is 0 Å². The molecular formula is C19H23N3O3. The molecule has 0 radical (unpaired) electrons. The van der Waals surface area contributed by atoms with Crippen LogP contribution in [-0.4, -0.2) is 41.3 Å². The first-order valence-corrected chi connectivity index (χ1v) is 9.30. The van der Waals surface area contributed by atoms with Crippen LogP contribution in [0.15, 0.2) is 22.7 Å². The molecule has 1 aromatic heterocycles. The van der Waals surface area contributed by atoms with Gasteiger partial charge in [0.05, 0.1) is 0 Å². The topological polar surface area (TPSA) is 60.6 Å². The zero-order valence-corrected chi connectivity index (χ0v) is 14.3. The van der Waals surface area contributed by atoms with E-state index >= 15 is 0 Å². The fraction of sp³-hybridized carbons (Fsp3) is 0.579. The van der Waals surface area contributed by atoms with Gasteiger partial charge in [0, 0.05) is 30.5 Å². The number of ether oxygens (including phenoxy) is 2. The highest BCUT2D eigenvalue weighted by atomic mass is 16.6. The van der Waals surface area contributed by atoms with Crippen LogP contribution in [0.25, 0.3) is 0 Å². The summed E-state index contributed by atoms with van der Waals surface area (Å²) in [5.74, 6) is 4.39. The summed E-state index contributed by atoms with van der Waals surface area (Å²) in [5.41, 5.74) is 1.20. The molecule has 0 unspecified atom stereocenters. The fourth-order valence-electron chi connectivity index (χ4n) is 3.82. The van der Waals surface area contributed by atoms with Gasteiger partial charge in [-0.25, -0.2) is 0 Å². The molecule has 1 aromatic carbocycles. The summed E-state index contributed by atoms with van der Waals surface area (Å²) in [4.78, 5) is 7.13. The van der Waals surface area contributed by atoms with Crippen LogP contribution in [0.1, 0.15) is 54.8 Å². The van der Waals surface area contributed by atoms with Crippen molar-refractivity contribution in [3.8, 4) is 11.5 Å². The summed E-state index contributed by atoms with van der Waals surface area (Å²) in [6, 6.07) is 6.16. The molecule has 6 nitrogen and oxygen atoms in total. The van der Waals surface area contributed by atoms with Gasteiger partial charge in [-0.2, -0.15) is 4.98 Å². The Labute approximate surface area is 147 Å². The Morgan fingerprint density at radius 2 is 2.00 bits per heavy atom. The largest absolute Gasteiger partial charge is 0.486 e. The summed E-state index contributed by atoms with van der Waals surface area (Å²) in [6.07, 6.45) is 4.68. The number of likely N-dealkylation sites (tertiary alicyclic amines) is 1. The first kappa shape index (κ1) is 15.2. The maximum absolute atomic E-state index is 5.85. The molecule has 1 saturated carbocycles. The minimum absolute atomic E-state index is 0.363. The Kier molecular flexibility index (Phi) is 3.85. The SMILES string of the molecule is c1cc(CN2CCC[C@@H](c3noc(C4CC4)n3)C2)c2c(c1)OCCO2. The predicted octanol–water partition coefficient (Wildman–Crippen LogP) is 3.10. The van der Waals surface area contributed by atoms with Gasteiger partial charge in [0.25, 0.3) is 0 Å². The van der Waals surface area contributed by atoms with E-state index in [-0.39, 0.29) is 0 Å². The minimum Gasteiger partial charge on any atom is -0.486 e. The molecule has 6 heteroatoms. The normalized spacial score (nSPS) is 23.6. The summed E-state index contributed by atoms with van der Waals surface area (Å²) in [5, 5.41) is 4.26. The lowest BCUT2D eigenvalue weighted by molar-refractivity contribution is 0.161. The van der Waals surface area contributed by atoms with Gasteiger partial charge in [0.15, 0.2) is 17.3 Å². The first-order valence-electron chi connectivity index (χ1n) is 9.30. The third-order valence-electron chi connectivity index (χ3n) is 5.30. The molecule has 3 heterocycles. The van der Waals surface area contributed by atoms with Gasteiger partial charge in [0.2, 0.25) is 5.89 Å². The highest BCUT2D eigenvalue weighted by molar-refractivity contribution is 5.47. The van der Waals surface area contributed by atoms with Crippen LogP contribution >= 0.6 is 0 Å². The van der Waals surface area contributed by atoms with Crippen LogP contribution in [0.3, 0.4) is 0 Å². The van der Waals surface area contributed by atoms with Crippen molar-refractivity contribution < 1.29 is 14.0 Å². The number of hydrogen-bond acceptors (Lipinski definition) is 6. The van der Waals surface area contributed by atoms with Crippen LogP contribution in [0, 0.1) is 0 Å². The van der Waals surface area contributed by atoms with E-state index in [2.05, 4.69) is 21.1 Å². The zero-order valence-electron chi connectivity index (χ0n) is 14.3. The molecule has 1 saturated heterocycles. The number of nitrogens with zero attached hydrogens (tertiary/aromatic N) is 3. The fourth-order valence-corrected chi connectivity index (χ4v) is 3.82. The zero-order chi connectivity index (χ0) is 16.6. The lowest BCUT2D eigenvalue weighted by atomic mass is 9.97. The van der Waals surface area contributed by atoms with Crippen molar-refractivity contribution in [3.63, 3.8) is 0 Å². The van der Waals surface area contributed by atoms with E-state index in [1.807, 2.05) is 12.1 Å². The molecule has 2 aromatic rings. The van der Waals surface area contributed by atoms with Crippen LogP contribution < -0.4 is 9.47 Å². The molecule has 25 heavy (non-hydrogen) atoms. The quantitative estimate of drug-likeness (QED) is 0.852. The second kappa shape index (κ2) is 6.33. The van der Waals surface area contributed by atoms with E-state index in [0.29, 0.717) is 25.0 Å². The molecule has 132 valence electrons. The molecule has 2 aliphatic heterocycles. The van der Waals surface area contributed by atoms with Crippen molar-refractivity contribution in [1.29, 1.82) is 0 Å². The van der Waals surface area contributed by atoms with E-state index in [1.54, 1.807) is 0 Å². The van der Waals surface area contributed by atoms with Crippen LogP contribution in [0.5, 0.6) is 11.5 Å². The van der Waals surface area contributed by atoms with Crippen molar-refractivity contribution in [2.75, 3.05) is 26.3 Å². The van der Waals surface area contributed by atoms with Crippen molar-refractivity contribution >= 4 is 0 Å². The maximum Gasteiger partial charge on any atom is 0.229 e. The van der Waals surface area contributed by atoms with Crippen molar-refractivity contribution in [3.05, 3.63) is 35.5 Å². The van der Waals surface area contributed by atoms with E-state index in [0.717, 1.165) is 55.7 Å². The average molecular weight is 341 g/mol. The lowest BCUT2D eigenvalue weighted by Gasteiger charge is -2.32. The lowest BCUT2D eigenvalue weighted by Crippen LogP contribution is -2.34. The highest BCUT2D eigenvalue weighted by Gasteiger charge is 2.32. The molecule has 0 amide bonds. The third-order valence-corrected chi connectivity index (χ3v) is 5.30. The average Bonchev–Trinajstić information content (AvgIpc) is 3.39. The van der Waals surface area contributed by atoms with Gasteiger partial charge in [-0.1, -0.05) is 17.3 Å². The number of fused-ring (bicyclic) bond motifs is 1. The van der Waals surface area contributed by atoms with Crippen molar-refractivity contribution in [1.82, 2.24) is 15.0 Å². The monoisotopic (exact) mass is 341 g/mol. The Morgan fingerprint density at radius 3 is 2.92 bits per heavy atom. The van der Waals surface area contributed by atoms with Crippen LogP contribution in [-0.2, 0) is 6.54 Å². The number of hydrogen-bond donors (Lipinski definition) is 0. The van der Waals surface area contributed by atoms with Gasteiger partial charge < -0.3 is 14.0 Å². The Hall–Kier alpha value is -2.08. The van der Waals surface area contributed by atoms with Crippen LogP contribution in [0.2, 0.25) is 0 Å².